The van der Waals surface area contributed by atoms with Crippen LogP contribution in [0.3, 0.4) is 0 Å². The lowest BCUT2D eigenvalue weighted by Crippen LogP contribution is -2.12. The molecule has 0 aliphatic heterocycles. The van der Waals surface area contributed by atoms with Gasteiger partial charge in [-0.3, -0.25) is 0 Å². The van der Waals surface area contributed by atoms with E-state index in [1.165, 1.54) is 58.8 Å². The summed E-state index contributed by atoms with van der Waals surface area (Å²) < 4.78 is 9.00. The van der Waals surface area contributed by atoms with Crippen LogP contribution in [-0.4, -0.2) is 0 Å². The largest absolute Gasteiger partial charge is 0.456 e. The second-order valence-corrected chi connectivity index (χ2v) is 18.3. The molecule has 0 aliphatic carbocycles. The summed E-state index contributed by atoms with van der Waals surface area (Å²) in [7, 11) is 0. The van der Waals surface area contributed by atoms with E-state index in [-0.39, 0.29) is 0 Å². The van der Waals surface area contributed by atoms with Crippen LogP contribution in [0.25, 0.3) is 109 Å². The van der Waals surface area contributed by atoms with E-state index in [1.807, 2.05) is 17.4 Å². The third kappa shape index (κ3) is 6.79. The van der Waals surface area contributed by atoms with Gasteiger partial charge in [0, 0.05) is 47.9 Å². The Balaban J connectivity index is 1.08. The Morgan fingerprint density at radius 2 is 0.881 bits per heavy atom. The molecule has 3 heteroatoms. The van der Waals surface area contributed by atoms with E-state index in [9.17, 15) is 0 Å². The van der Waals surface area contributed by atoms with Gasteiger partial charge in [-0.15, -0.1) is 11.3 Å². The highest BCUT2D eigenvalue weighted by molar-refractivity contribution is 7.26. The average Bonchev–Trinajstić information content (AvgIpc) is 3.98. The maximum atomic E-state index is 6.40. The third-order valence-electron chi connectivity index (χ3n) is 13.2. The summed E-state index contributed by atoms with van der Waals surface area (Å²) in [5.74, 6) is 0. The van der Waals surface area contributed by atoms with Crippen LogP contribution in [-0.2, 0) is 0 Å². The van der Waals surface area contributed by atoms with Crippen LogP contribution in [0.15, 0.2) is 253 Å². The molecule has 314 valence electrons. The molecule has 2 nitrogen and oxygen atoms in total. The van der Waals surface area contributed by atoms with Gasteiger partial charge in [0.05, 0.1) is 5.69 Å². The highest BCUT2D eigenvalue weighted by Gasteiger charge is 2.23. The summed E-state index contributed by atoms with van der Waals surface area (Å²) in [5, 5.41) is 7.38. The molecule has 0 amide bonds. The van der Waals surface area contributed by atoms with Crippen molar-refractivity contribution >= 4 is 81.3 Å². The van der Waals surface area contributed by atoms with E-state index in [2.05, 4.69) is 248 Å². The Bertz CT molecular complexity index is 3990. The number of fused-ring (bicyclic) bond motifs is 8. The van der Waals surface area contributed by atoms with Crippen molar-refractivity contribution in [1.82, 2.24) is 0 Å². The van der Waals surface area contributed by atoms with Crippen molar-refractivity contribution < 1.29 is 4.42 Å². The molecule has 0 fully saturated rings. The summed E-state index contributed by atoms with van der Waals surface area (Å²) in [6.45, 7) is 0. The molecule has 13 aromatic rings. The number of anilines is 3. The smallest absolute Gasteiger partial charge is 0.136 e. The van der Waals surface area contributed by atoms with Crippen molar-refractivity contribution in [2.75, 3.05) is 4.90 Å². The van der Waals surface area contributed by atoms with E-state index >= 15 is 0 Å². The molecule has 11 aromatic carbocycles. The Morgan fingerprint density at radius 3 is 1.69 bits per heavy atom. The lowest BCUT2D eigenvalue weighted by Gasteiger charge is -2.30. The molecule has 67 heavy (non-hydrogen) atoms. The fourth-order valence-corrected chi connectivity index (χ4v) is 11.3. The van der Waals surface area contributed by atoms with Crippen LogP contribution in [0.1, 0.15) is 0 Å². The van der Waals surface area contributed by atoms with Gasteiger partial charge in [-0.25, -0.2) is 0 Å². The summed E-state index contributed by atoms with van der Waals surface area (Å²) in [6.07, 6.45) is 0. The minimum absolute atomic E-state index is 0.883. The Hall–Kier alpha value is -8.50. The van der Waals surface area contributed by atoms with Crippen molar-refractivity contribution in [1.29, 1.82) is 0 Å². The molecular formula is C64H41NOS. The standard InChI is InChI=1S/C64H41NOS/c1-3-16-42(17-4-1)45-21-11-24-49(38-45)62-53(48-35-36-60-56(41-48)64-52-27-8-7-20-44(52)34-37-61(64)67-60)29-14-31-57(62)65(50-25-12-22-46(39-50)43-18-5-2-6-19-43)51-26-13-23-47(40-51)54-30-15-33-59-63(54)55-28-9-10-32-58(55)66-59/h1-41H. The predicted molar refractivity (Wildman–Crippen MR) is 286 cm³/mol. The second-order valence-electron chi connectivity index (χ2n) is 17.2. The van der Waals surface area contributed by atoms with Gasteiger partial charge in [0.1, 0.15) is 11.2 Å². The summed E-state index contributed by atoms with van der Waals surface area (Å²) in [5.41, 5.74) is 16.5. The van der Waals surface area contributed by atoms with Gasteiger partial charge in [-0.1, -0.05) is 182 Å². The molecule has 0 atom stereocenters. The Labute approximate surface area is 392 Å². The van der Waals surface area contributed by atoms with Crippen LogP contribution < -0.4 is 4.90 Å². The topological polar surface area (TPSA) is 16.4 Å². The minimum atomic E-state index is 0.883. The number of hydrogen-bond donors (Lipinski definition) is 0. The first kappa shape index (κ1) is 38.9. The molecule has 0 aliphatic rings. The molecule has 0 bridgehead atoms. The van der Waals surface area contributed by atoms with E-state index in [0.29, 0.717) is 0 Å². The van der Waals surface area contributed by atoms with E-state index in [1.54, 1.807) is 0 Å². The van der Waals surface area contributed by atoms with Crippen LogP contribution in [0.5, 0.6) is 0 Å². The molecule has 0 unspecified atom stereocenters. The Kier molecular flexibility index (Phi) is 9.40. The first-order chi connectivity index (χ1) is 33.2. The molecule has 2 heterocycles. The lowest BCUT2D eigenvalue weighted by molar-refractivity contribution is 0.669. The number of para-hydroxylation sites is 1. The molecule has 0 saturated carbocycles. The summed E-state index contributed by atoms with van der Waals surface area (Å²) in [4.78, 5) is 2.46. The number of furan rings is 1. The average molecular weight is 872 g/mol. The molecular weight excluding hydrogens is 831 g/mol. The fourth-order valence-electron chi connectivity index (χ4n) is 10.2. The quantitative estimate of drug-likeness (QED) is 0.151. The van der Waals surface area contributed by atoms with Gasteiger partial charge in [-0.05, 0) is 128 Å². The van der Waals surface area contributed by atoms with Crippen molar-refractivity contribution in [2.24, 2.45) is 0 Å². The highest BCUT2D eigenvalue weighted by atomic mass is 32.1. The van der Waals surface area contributed by atoms with Crippen molar-refractivity contribution in [3.63, 3.8) is 0 Å². The molecule has 0 N–H and O–H groups in total. The number of hydrogen-bond acceptors (Lipinski definition) is 3. The summed E-state index contributed by atoms with van der Waals surface area (Å²) in [6, 6.07) is 90.4. The van der Waals surface area contributed by atoms with Gasteiger partial charge >= 0.3 is 0 Å². The number of rotatable bonds is 8. The summed E-state index contributed by atoms with van der Waals surface area (Å²) >= 11 is 1.87. The predicted octanol–water partition coefficient (Wildman–Crippen LogP) is 18.9. The first-order valence-corrected chi connectivity index (χ1v) is 23.6. The van der Waals surface area contributed by atoms with Crippen molar-refractivity contribution in [2.45, 2.75) is 0 Å². The van der Waals surface area contributed by atoms with E-state index < -0.39 is 0 Å². The molecule has 13 rings (SSSR count). The first-order valence-electron chi connectivity index (χ1n) is 22.8. The zero-order valence-electron chi connectivity index (χ0n) is 36.4. The molecule has 0 spiro atoms. The van der Waals surface area contributed by atoms with Gasteiger partial charge in [0.2, 0.25) is 0 Å². The highest BCUT2D eigenvalue weighted by Crippen LogP contribution is 2.49. The van der Waals surface area contributed by atoms with Crippen molar-refractivity contribution in [3.8, 4) is 55.6 Å². The van der Waals surface area contributed by atoms with Crippen LogP contribution in [0.4, 0.5) is 17.1 Å². The van der Waals surface area contributed by atoms with Crippen LogP contribution >= 0.6 is 11.3 Å². The van der Waals surface area contributed by atoms with E-state index in [4.69, 9.17) is 4.42 Å². The second kappa shape index (κ2) is 16.2. The third-order valence-corrected chi connectivity index (χ3v) is 14.4. The van der Waals surface area contributed by atoms with Gasteiger partial charge < -0.3 is 9.32 Å². The van der Waals surface area contributed by atoms with Gasteiger partial charge in [0.15, 0.2) is 0 Å². The zero-order valence-corrected chi connectivity index (χ0v) is 37.3. The Morgan fingerprint density at radius 1 is 0.313 bits per heavy atom. The maximum Gasteiger partial charge on any atom is 0.136 e. The maximum absolute atomic E-state index is 6.40. The zero-order chi connectivity index (χ0) is 44.3. The number of nitrogens with zero attached hydrogens (tertiary/aromatic N) is 1. The van der Waals surface area contributed by atoms with Crippen LogP contribution in [0.2, 0.25) is 0 Å². The molecule has 0 saturated heterocycles. The van der Waals surface area contributed by atoms with E-state index in [0.717, 1.165) is 66.8 Å². The minimum Gasteiger partial charge on any atom is -0.456 e. The van der Waals surface area contributed by atoms with Gasteiger partial charge in [-0.2, -0.15) is 0 Å². The van der Waals surface area contributed by atoms with Crippen molar-refractivity contribution in [3.05, 3.63) is 249 Å². The fraction of sp³-hybridized carbons (Fsp3) is 0. The molecule has 0 radical (unpaired) electrons. The van der Waals surface area contributed by atoms with Gasteiger partial charge in [0.25, 0.3) is 0 Å². The SMILES string of the molecule is c1ccc(-c2cccc(-c3c(-c4ccc5sc6ccc7ccccc7c6c5c4)cccc3N(c3cccc(-c4ccccc4)c3)c3cccc(-c4cccc5oc6ccccc6c45)c3)c2)cc1. The molecule has 2 aromatic heterocycles. The number of benzene rings is 11. The van der Waals surface area contributed by atoms with Crippen LogP contribution in [0, 0.1) is 0 Å². The monoisotopic (exact) mass is 871 g/mol. The number of thiophene rings is 1. The lowest BCUT2D eigenvalue weighted by atomic mass is 9.89. The normalized spacial score (nSPS) is 11.6.